The SMILES string of the molecule is CC(C)NC(=O)NC1CCN(c2ncccn2)CC1. The summed E-state index contributed by atoms with van der Waals surface area (Å²) in [5.41, 5.74) is 0. The topological polar surface area (TPSA) is 70.2 Å². The van der Waals surface area contributed by atoms with E-state index in [1.807, 2.05) is 19.9 Å². The highest BCUT2D eigenvalue weighted by molar-refractivity contribution is 5.74. The molecule has 6 nitrogen and oxygen atoms in total. The number of urea groups is 1. The van der Waals surface area contributed by atoms with Crippen LogP contribution in [0, 0.1) is 0 Å². The van der Waals surface area contributed by atoms with E-state index < -0.39 is 0 Å². The Labute approximate surface area is 113 Å². The van der Waals surface area contributed by atoms with Crippen LogP contribution in [-0.2, 0) is 0 Å². The lowest BCUT2D eigenvalue weighted by molar-refractivity contribution is 0.232. The number of nitrogens with zero attached hydrogens (tertiary/aromatic N) is 3. The summed E-state index contributed by atoms with van der Waals surface area (Å²) in [4.78, 5) is 22.2. The summed E-state index contributed by atoms with van der Waals surface area (Å²) in [7, 11) is 0. The molecule has 19 heavy (non-hydrogen) atoms. The summed E-state index contributed by atoms with van der Waals surface area (Å²) in [6.45, 7) is 5.65. The van der Waals surface area contributed by atoms with Gasteiger partial charge in [-0.2, -0.15) is 0 Å². The molecule has 0 bridgehead atoms. The van der Waals surface area contributed by atoms with E-state index in [4.69, 9.17) is 0 Å². The van der Waals surface area contributed by atoms with Gasteiger partial charge in [0.15, 0.2) is 0 Å². The summed E-state index contributed by atoms with van der Waals surface area (Å²) < 4.78 is 0. The molecule has 1 fully saturated rings. The zero-order valence-electron chi connectivity index (χ0n) is 11.5. The largest absolute Gasteiger partial charge is 0.341 e. The molecule has 0 atom stereocenters. The normalized spacial score (nSPS) is 16.5. The van der Waals surface area contributed by atoms with Gasteiger partial charge in [-0.05, 0) is 32.8 Å². The molecule has 0 spiro atoms. The molecule has 1 aliphatic rings. The Kier molecular flexibility index (Phi) is 4.54. The Hall–Kier alpha value is -1.85. The van der Waals surface area contributed by atoms with E-state index in [1.165, 1.54) is 0 Å². The van der Waals surface area contributed by atoms with Gasteiger partial charge in [0.2, 0.25) is 5.95 Å². The first-order chi connectivity index (χ1) is 9.15. The van der Waals surface area contributed by atoms with Crippen molar-refractivity contribution in [2.45, 2.75) is 38.8 Å². The number of carbonyl (C=O) groups excluding carboxylic acids is 1. The zero-order valence-corrected chi connectivity index (χ0v) is 11.5. The molecule has 2 rings (SSSR count). The van der Waals surface area contributed by atoms with E-state index in [0.29, 0.717) is 0 Å². The van der Waals surface area contributed by atoms with E-state index in [0.717, 1.165) is 31.9 Å². The highest BCUT2D eigenvalue weighted by atomic mass is 16.2. The molecule has 1 saturated heterocycles. The number of anilines is 1. The third-order valence-corrected chi connectivity index (χ3v) is 3.08. The molecule has 1 aromatic rings. The molecule has 6 heteroatoms. The molecular formula is C13H21N5O. The minimum absolute atomic E-state index is 0.0792. The second-order valence-electron chi connectivity index (χ2n) is 5.08. The highest BCUT2D eigenvalue weighted by Gasteiger charge is 2.22. The number of piperidine rings is 1. The number of aromatic nitrogens is 2. The van der Waals surface area contributed by atoms with Crippen molar-refractivity contribution in [1.82, 2.24) is 20.6 Å². The van der Waals surface area contributed by atoms with Gasteiger partial charge < -0.3 is 15.5 Å². The summed E-state index contributed by atoms with van der Waals surface area (Å²) >= 11 is 0. The van der Waals surface area contributed by atoms with Crippen molar-refractivity contribution in [1.29, 1.82) is 0 Å². The lowest BCUT2D eigenvalue weighted by Crippen LogP contribution is -2.49. The Morgan fingerprint density at radius 1 is 1.32 bits per heavy atom. The van der Waals surface area contributed by atoms with Gasteiger partial charge in [0.05, 0.1) is 0 Å². The molecule has 0 aromatic carbocycles. The monoisotopic (exact) mass is 263 g/mol. The Bertz CT molecular complexity index is 401. The average molecular weight is 263 g/mol. The molecule has 2 N–H and O–H groups in total. The zero-order chi connectivity index (χ0) is 13.7. The third kappa shape index (κ3) is 4.08. The third-order valence-electron chi connectivity index (χ3n) is 3.08. The van der Waals surface area contributed by atoms with Gasteiger partial charge in [0.25, 0.3) is 0 Å². The quantitative estimate of drug-likeness (QED) is 0.858. The minimum Gasteiger partial charge on any atom is -0.341 e. The standard InChI is InChI=1S/C13H21N5O/c1-10(2)16-13(19)17-11-4-8-18(9-5-11)12-14-6-3-7-15-12/h3,6-7,10-11H,4-5,8-9H2,1-2H3,(H2,16,17,19). The Morgan fingerprint density at radius 3 is 2.53 bits per heavy atom. The van der Waals surface area contributed by atoms with Crippen molar-refractivity contribution in [3.8, 4) is 0 Å². The van der Waals surface area contributed by atoms with Gasteiger partial charge in [-0.15, -0.1) is 0 Å². The summed E-state index contributed by atoms with van der Waals surface area (Å²) in [6.07, 6.45) is 5.35. The maximum absolute atomic E-state index is 11.6. The Morgan fingerprint density at radius 2 is 1.95 bits per heavy atom. The molecule has 104 valence electrons. The van der Waals surface area contributed by atoms with E-state index in [2.05, 4.69) is 25.5 Å². The van der Waals surface area contributed by atoms with Crippen LogP contribution in [0.1, 0.15) is 26.7 Å². The van der Waals surface area contributed by atoms with Crippen molar-refractivity contribution in [3.05, 3.63) is 18.5 Å². The van der Waals surface area contributed by atoms with Gasteiger partial charge in [-0.3, -0.25) is 0 Å². The van der Waals surface area contributed by atoms with Crippen molar-refractivity contribution in [2.75, 3.05) is 18.0 Å². The summed E-state index contributed by atoms with van der Waals surface area (Å²) in [6, 6.07) is 2.13. The van der Waals surface area contributed by atoms with E-state index in [1.54, 1.807) is 12.4 Å². The minimum atomic E-state index is -0.0792. The van der Waals surface area contributed by atoms with Gasteiger partial charge in [0.1, 0.15) is 0 Å². The van der Waals surface area contributed by atoms with Crippen LogP contribution in [0.4, 0.5) is 10.7 Å². The first-order valence-electron chi connectivity index (χ1n) is 6.74. The van der Waals surface area contributed by atoms with E-state index >= 15 is 0 Å². The van der Waals surface area contributed by atoms with E-state index in [9.17, 15) is 4.79 Å². The molecule has 1 aliphatic heterocycles. The lowest BCUT2D eigenvalue weighted by Gasteiger charge is -2.32. The molecule has 1 aromatic heterocycles. The predicted octanol–water partition coefficient (Wildman–Crippen LogP) is 1.15. The molecule has 0 radical (unpaired) electrons. The average Bonchev–Trinajstić information content (AvgIpc) is 2.39. The highest BCUT2D eigenvalue weighted by Crippen LogP contribution is 2.15. The molecule has 2 amide bonds. The number of hydrogen-bond donors (Lipinski definition) is 2. The van der Waals surface area contributed by atoms with Crippen molar-refractivity contribution in [2.24, 2.45) is 0 Å². The Balaban J connectivity index is 1.78. The van der Waals surface area contributed by atoms with Crippen LogP contribution in [0.25, 0.3) is 0 Å². The van der Waals surface area contributed by atoms with Crippen molar-refractivity contribution < 1.29 is 4.79 Å². The number of nitrogens with one attached hydrogen (secondary N) is 2. The van der Waals surface area contributed by atoms with Crippen LogP contribution in [0.3, 0.4) is 0 Å². The van der Waals surface area contributed by atoms with Crippen LogP contribution < -0.4 is 15.5 Å². The van der Waals surface area contributed by atoms with Crippen LogP contribution in [0.15, 0.2) is 18.5 Å². The predicted molar refractivity (Wildman–Crippen MR) is 74.1 cm³/mol. The second-order valence-corrected chi connectivity index (χ2v) is 5.08. The first kappa shape index (κ1) is 13.6. The maximum Gasteiger partial charge on any atom is 0.315 e. The number of rotatable bonds is 3. The van der Waals surface area contributed by atoms with E-state index in [-0.39, 0.29) is 18.1 Å². The fourth-order valence-corrected chi connectivity index (χ4v) is 2.17. The lowest BCUT2D eigenvalue weighted by atomic mass is 10.1. The molecule has 0 saturated carbocycles. The number of amides is 2. The van der Waals surface area contributed by atoms with Crippen molar-refractivity contribution >= 4 is 12.0 Å². The molecule has 2 heterocycles. The van der Waals surface area contributed by atoms with Gasteiger partial charge in [-0.25, -0.2) is 14.8 Å². The van der Waals surface area contributed by atoms with Crippen LogP contribution >= 0.6 is 0 Å². The maximum atomic E-state index is 11.6. The van der Waals surface area contributed by atoms with Crippen LogP contribution in [0.5, 0.6) is 0 Å². The molecule has 0 unspecified atom stereocenters. The van der Waals surface area contributed by atoms with Gasteiger partial charge in [-0.1, -0.05) is 0 Å². The summed E-state index contributed by atoms with van der Waals surface area (Å²) in [5, 5.41) is 5.85. The van der Waals surface area contributed by atoms with Crippen molar-refractivity contribution in [3.63, 3.8) is 0 Å². The number of hydrogen-bond acceptors (Lipinski definition) is 4. The van der Waals surface area contributed by atoms with Crippen LogP contribution in [0.2, 0.25) is 0 Å². The molecular weight excluding hydrogens is 242 g/mol. The summed E-state index contributed by atoms with van der Waals surface area (Å²) in [5.74, 6) is 0.771. The fourth-order valence-electron chi connectivity index (χ4n) is 2.17. The van der Waals surface area contributed by atoms with Crippen LogP contribution in [-0.4, -0.2) is 41.2 Å². The second kappa shape index (κ2) is 6.36. The fraction of sp³-hybridized carbons (Fsp3) is 0.615. The van der Waals surface area contributed by atoms with Gasteiger partial charge in [0, 0.05) is 37.6 Å². The molecule has 0 aliphatic carbocycles. The van der Waals surface area contributed by atoms with Gasteiger partial charge >= 0.3 is 6.03 Å². The number of carbonyl (C=O) groups is 1. The smallest absolute Gasteiger partial charge is 0.315 e. The first-order valence-corrected chi connectivity index (χ1v) is 6.74.